The summed E-state index contributed by atoms with van der Waals surface area (Å²) in [6.45, 7) is 0. The van der Waals surface area contributed by atoms with Crippen LogP contribution in [0, 0.1) is 0 Å². The molecule has 0 radical (unpaired) electrons. The minimum atomic E-state index is -0.100. The highest BCUT2D eigenvalue weighted by atomic mass is 35.5. The van der Waals surface area contributed by atoms with Gasteiger partial charge in [0, 0.05) is 0 Å². The van der Waals surface area contributed by atoms with Crippen LogP contribution < -0.4 is 5.73 Å². The molecule has 1 heterocycles. The molecule has 2 aromatic rings. The minimum Gasteiger partial charge on any atom is -0.503 e. The molecule has 1 aromatic carbocycles. The highest BCUT2D eigenvalue weighted by molar-refractivity contribution is 5.85. The number of halogens is 1. The Hall–Kier alpha value is -2.07. The Morgan fingerprint density at radius 3 is 2.47 bits per heavy atom. The number of hydrogen-bond acceptors (Lipinski definition) is 4. The van der Waals surface area contributed by atoms with E-state index in [-0.39, 0.29) is 24.0 Å². The van der Waals surface area contributed by atoms with Gasteiger partial charge in [0.1, 0.15) is 0 Å². The molecule has 0 amide bonds. The van der Waals surface area contributed by atoms with Crippen molar-refractivity contribution in [1.82, 2.24) is 9.97 Å². The number of nitrogens with zero attached hydrogens (tertiary/aromatic N) is 2. The van der Waals surface area contributed by atoms with Crippen LogP contribution >= 0.6 is 12.4 Å². The predicted molar refractivity (Wildman–Crippen MR) is 70.7 cm³/mol. The molecule has 1 aromatic heterocycles. The maximum Gasteiger partial charge on any atom is 0.176 e. The highest BCUT2D eigenvalue weighted by Crippen LogP contribution is 2.15. The molecule has 0 bridgehead atoms. The van der Waals surface area contributed by atoms with Crippen molar-refractivity contribution in [1.29, 1.82) is 0 Å². The molecule has 0 aliphatic rings. The van der Waals surface area contributed by atoms with Crippen LogP contribution in [0.4, 0.5) is 5.82 Å². The summed E-state index contributed by atoms with van der Waals surface area (Å²) in [7, 11) is 0. The summed E-state index contributed by atoms with van der Waals surface area (Å²) in [5.74, 6) is 0.457. The fourth-order valence-electron chi connectivity index (χ4n) is 1.22. The zero-order valence-electron chi connectivity index (χ0n) is 8.95. The Bertz CT molecular complexity index is 514. The molecule has 3 N–H and O–H groups in total. The van der Waals surface area contributed by atoms with Gasteiger partial charge in [-0.15, -0.1) is 12.4 Å². The Kier molecular flexibility index (Phi) is 4.48. The molecule has 5 heteroatoms. The Balaban J connectivity index is 0.00000144. The van der Waals surface area contributed by atoms with Gasteiger partial charge in [-0.3, -0.25) is 0 Å². The van der Waals surface area contributed by atoms with E-state index in [1.54, 1.807) is 6.08 Å². The second-order valence-electron chi connectivity index (χ2n) is 3.24. The number of benzene rings is 1. The lowest BCUT2D eigenvalue weighted by Crippen LogP contribution is -1.94. The first kappa shape index (κ1) is 13.0. The second kappa shape index (κ2) is 5.86. The van der Waals surface area contributed by atoms with E-state index in [4.69, 9.17) is 10.8 Å². The summed E-state index contributed by atoms with van der Waals surface area (Å²) < 4.78 is 0. The van der Waals surface area contributed by atoms with E-state index in [9.17, 15) is 0 Å². The third-order valence-electron chi connectivity index (χ3n) is 2.04. The van der Waals surface area contributed by atoms with Gasteiger partial charge >= 0.3 is 0 Å². The van der Waals surface area contributed by atoms with E-state index in [1.807, 2.05) is 36.4 Å². The lowest BCUT2D eigenvalue weighted by molar-refractivity contribution is 0.472. The van der Waals surface area contributed by atoms with Gasteiger partial charge in [-0.1, -0.05) is 36.4 Å². The van der Waals surface area contributed by atoms with Gasteiger partial charge in [-0.2, -0.15) is 0 Å². The molecular formula is C12H12ClN3O. The molecule has 2 rings (SSSR count). The van der Waals surface area contributed by atoms with Crippen molar-refractivity contribution in [3.05, 3.63) is 47.9 Å². The van der Waals surface area contributed by atoms with Crippen LogP contribution in [-0.2, 0) is 0 Å². The van der Waals surface area contributed by atoms with Crippen molar-refractivity contribution in [3.8, 4) is 5.75 Å². The molecule has 0 saturated carbocycles. The van der Waals surface area contributed by atoms with Gasteiger partial charge in [0.05, 0.1) is 6.20 Å². The van der Waals surface area contributed by atoms with Crippen LogP contribution in [0.15, 0.2) is 36.5 Å². The van der Waals surface area contributed by atoms with Gasteiger partial charge in [0.2, 0.25) is 0 Å². The summed E-state index contributed by atoms with van der Waals surface area (Å²) >= 11 is 0. The molecule has 0 aliphatic heterocycles. The topological polar surface area (TPSA) is 72.0 Å². The number of aromatic nitrogens is 2. The van der Waals surface area contributed by atoms with Crippen molar-refractivity contribution >= 4 is 30.4 Å². The van der Waals surface area contributed by atoms with Crippen molar-refractivity contribution in [3.63, 3.8) is 0 Å². The second-order valence-corrected chi connectivity index (χ2v) is 3.24. The molecule has 0 fully saturated rings. The first-order chi connectivity index (χ1) is 7.75. The van der Waals surface area contributed by atoms with Crippen molar-refractivity contribution in [2.45, 2.75) is 0 Å². The fourth-order valence-corrected chi connectivity index (χ4v) is 1.22. The average Bonchev–Trinajstić information content (AvgIpc) is 2.32. The first-order valence-electron chi connectivity index (χ1n) is 4.80. The quantitative estimate of drug-likeness (QED) is 0.857. The van der Waals surface area contributed by atoms with E-state index in [2.05, 4.69) is 9.97 Å². The monoisotopic (exact) mass is 249 g/mol. The van der Waals surface area contributed by atoms with Crippen molar-refractivity contribution in [2.24, 2.45) is 0 Å². The molecule has 17 heavy (non-hydrogen) atoms. The van der Waals surface area contributed by atoms with E-state index >= 15 is 0 Å². The number of nitrogen functional groups attached to an aromatic ring is 1. The van der Waals surface area contributed by atoms with E-state index in [0.29, 0.717) is 5.82 Å². The van der Waals surface area contributed by atoms with Gasteiger partial charge in [-0.25, -0.2) is 9.97 Å². The van der Waals surface area contributed by atoms with Crippen molar-refractivity contribution < 1.29 is 5.11 Å². The van der Waals surface area contributed by atoms with Crippen LogP contribution in [0.2, 0.25) is 0 Å². The summed E-state index contributed by atoms with van der Waals surface area (Å²) in [5.41, 5.74) is 6.51. The Morgan fingerprint density at radius 2 is 1.82 bits per heavy atom. The molecule has 0 saturated heterocycles. The van der Waals surface area contributed by atoms with Crippen LogP contribution in [0.5, 0.6) is 5.75 Å². The van der Waals surface area contributed by atoms with E-state index in [1.165, 1.54) is 6.20 Å². The average molecular weight is 250 g/mol. The number of anilines is 1. The fraction of sp³-hybridized carbons (Fsp3) is 0. The molecule has 0 aliphatic carbocycles. The lowest BCUT2D eigenvalue weighted by atomic mass is 10.2. The van der Waals surface area contributed by atoms with E-state index in [0.717, 1.165) is 5.56 Å². The first-order valence-corrected chi connectivity index (χ1v) is 4.80. The standard InChI is InChI=1S/C12H11N3O.ClH/c13-12-10(16)8-14-11(15-12)7-6-9-4-2-1-3-5-9;/h1-8,16H,(H2,13,14,15);1H/b7-6+;. The molecule has 0 unspecified atom stereocenters. The number of hydrogen-bond donors (Lipinski definition) is 2. The zero-order chi connectivity index (χ0) is 11.4. The molecule has 0 spiro atoms. The van der Waals surface area contributed by atoms with Gasteiger partial charge in [-0.05, 0) is 11.6 Å². The maximum absolute atomic E-state index is 9.15. The van der Waals surface area contributed by atoms with Crippen molar-refractivity contribution in [2.75, 3.05) is 5.73 Å². The third-order valence-corrected chi connectivity index (χ3v) is 2.04. The number of rotatable bonds is 2. The van der Waals surface area contributed by atoms with Crippen LogP contribution in [-0.4, -0.2) is 15.1 Å². The Morgan fingerprint density at radius 1 is 1.12 bits per heavy atom. The summed E-state index contributed by atoms with van der Waals surface area (Å²) in [6.07, 6.45) is 4.91. The molecule has 0 atom stereocenters. The highest BCUT2D eigenvalue weighted by Gasteiger charge is 1.98. The molecule has 88 valence electrons. The summed E-state index contributed by atoms with van der Waals surface area (Å²) in [5, 5.41) is 9.15. The Labute approximate surface area is 105 Å². The van der Waals surface area contributed by atoms with Crippen LogP contribution in [0.1, 0.15) is 11.4 Å². The third kappa shape index (κ3) is 3.46. The number of aromatic hydroxyl groups is 1. The molecular weight excluding hydrogens is 238 g/mol. The SMILES string of the molecule is Cl.Nc1nc(/C=C/c2ccccc2)ncc1O. The normalized spacial score (nSPS) is 10.1. The number of nitrogens with two attached hydrogens (primary N) is 1. The molecule has 4 nitrogen and oxygen atoms in total. The van der Waals surface area contributed by atoms with Gasteiger partial charge in [0.25, 0.3) is 0 Å². The zero-order valence-corrected chi connectivity index (χ0v) is 9.76. The summed E-state index contributed by atoms with van der Waals surface area (Å²) in [6, 6.07) is 9.80. The van der Waals surface area contributed by atoms with E-state index < -0.39 is 0 Å². The van der Waals surface area contributed by atoms with Gasteiger partial charge in [0.15, 0.2) is 17.4 Å². The van der Waals surface area contributed by atoms with Gasteiger partial charge < -0.3 is 10.8 Å². The minimum absolute atomic E-state index is 0. The van der Waals surface area contributed by atoms with Crippen LogP contribution in [0.3, 0.4) is 0 Å². The largest absolute Gasteiger partial charge is 0.503 e. The predicted octanol–water partition coefficient (Wildman–Crippen LogP) is 2.36. The summed E-state index contributed by atoms with van der Waals surface area (Å²) in [4.78, 5) is 7.84. The van der Waals surface area contributed by atoms with Crippen LogP contribution in [0.25, 0.3) is 12.2 Å². The maximum atomic E-state index is 9.15. The smallest absolute Gasteiger partial charge is 0.176 e. The lowest BCUT2D eigenvalue weighted by Gasteiger charge is -1.97.